The zero-order chi connectivity index (χ0) is 14.4. The molecule has 0 saturated heterocycles. The summed E-state index contributed by atoms with van der Waals surface area (Å²) in [6.07, 6.45) is 5.10. The van der Waals surface area contributed by atoms with Crippen molar-refractivity contribution in [3.63, 3.8) is 0 Å². The number of hydrogen-bond acceptors (Lipinski definition) is 2. The van der Waals surface area contributed by atoms with E-state index in [9.17, 15) is 0 Å². The monoisotopic (exact) mass is 294 g/mol. The Bertz CT molecular complexity index is 415. The average Bonchev–Trinajstić information content (AvgIpc) is 3.23. The van der Waals surface area contributed by atoms with Crippen LogP contribution in [0.5, 0.6) is 0 Å². The molecule has 1 aliphatic carbocycles. The summed E-state index contributed by atoms with van der Waals surface area (Å²) in [6, 6.07) is 6.30. The summed E-state index contributed by atoms with van der Waals surface area (Å²) in [5.74, 6) is 0.884. The molecule has 112 valence electrons. The number of rotatable bonds is 9. The van der Waals surface area contributed by atoms with Gasteiger partial charge in [0, 0.05) is 19.6 Å². The lowest BCUT2D eigenvalue weighted by molar-refractivity contribution is 0.664. The van der Waals surface area contributed by atoms with E-state index in [1.54, 1.807) is 0 Å². The van der Waals surface area contributed by atoms with Crippen LogP contribution in [-0.4, -0.2) is 19.6 Å². The molecule has 0 heterocycles. The zero-order valence-corrected chi connectivity index (χ0v) is 13.5. The van der Waals surface area contributed by atoms with Crippen LogP contribution in [0.2, 0.25) is 5.02 Å². The molecule has 20 heavy (non-hydrogen) atoms. The van der Waals surface area contributed by atoms with Gasteiger partial charge in [-0.25, -0.2) is 0 Å². The van der Waals surface area contributed by atoms with Crippen molar-refractivity contribution in [2.45, 2.75) is 46.1 Å². The Hall–Kier alpha value is -0.730. The first-order chi connectivity index (χ1) is 9.76. The molecule has 1 N–H and O–H groups in total. The molecule has 0 atom stereocenters. The summed E-state index contributed by atoms with van der Waals surface area (Å²) in [4.78, 5) is 2.50. The Kier molecular flexibility index (Phi) is 6.18. The van der Waals surface area contributed by atoms with Gasteiger partial charge >= 0.3 is 0 Å². The van der Waals surface area contributed by atoms with Crippen molar-refractivity contribution in [2.75, 3.05) is 24.5 Å². The SMILES string of the molecule is CCCNCc1cccc(Cl)c1N(CCC)CC1CC1. The Morgan fingerprint density at radius 3 is 2.70 bits per heavy atom. The van der Waals surface area contributed by atoms with Crippen LogP contribution in [0.1, 0.15) is 45.1 Å². The standard InChI is InChI=1S/C17H27ClN2/c1-3-10-19-12-15-6-5-7-16(18)17(15)20(11-4-2)13-14-8-9-14/h5-7,14,19H,3-4,8-13H2,1-2H3. The molecule has 0 aromatic heterocycles. The predicted octanol–water partition coefficient (Wildman–Crippen LogP) is 4.47. The molecular formula is C17H27ClN2. The van der Waals surface area contributed by atoms with E-state index in [2.05, 4.69) is 36.2 Å². The minimum Gasteiger partial charge on any atom is -0.370 e. The van der Waals surface area contributed by atoms with E-state index in [1.165, 1.54) is 37.1 Å². The van der Waals surface area contributed by atoms with Gasteiger partial charge in [0.2, 0.25) is 0 Å². The number of halogens is 1. The minimum atomic E-state index is 0.884. The highest BCUT2D eigenvalue weighted by molar-refractivity contribution is 6.33. The lowest BCUT2D eigenvalue weighted by Crippen LogP contribution is -2.29. The summed E-state index contributed by atoms with van der Waals surface area (Å²) in [5, 5.41) is 4.40. The van der Waals surface area contributed by atoms with Gasteiger partial charge in [0.05, 0.1) is 10.7 Å². The molecule has 0 bridgehead atoms. The molecular weight excluding hydrogens is 268 g/mol. The van der Waals surface area contributed by atoms with Gasteiger partial charge in [0.15, 0.2) is 0 Å². The van der Waals surface area contributed by atoms with Crippen LogP contribution >= 0.6 is 11.6 Å². The van der Waals surface area contributed by atoms with Gasteiger partial charge in [-0.2, -0.15) is 0 Å². The van der Waals surface area contributed by atoms with Crippen LogP contribution in [0.25, 0.3) is 0 Å². The van der Waals surface area contributed by atoms with Gasteiger partial charge in [0.25, 0.3) is 0 Å². The van der Waals surface area contributed by atoms with Gasteiger partial charge in [-0.3, -0.25) is 0 Å². The Morgan fingerprint density at radius 2 is 2.05 bits per heavy atom. The van der Waals surface area contributed by atoms with Crippen LogP contribution in [0, 0.1) is 5.92 Å². The van der Waals surface area contributed by atoms with Crippen LogP contribution in [-0.2, 0) is 6.54 Å². The van der Waals surface area contributed by atoms with Crippen molar-refractivity contribution in [3.8, 4) is 0 Å². The third-order valence-electron chi connectivity index (χ3n) is 3.80. The maximum atomic E-state index is 6.51. The van der Waals surface area contributed by atoms with E-state index in [4.69, 9.17) is 11.6 Å². The highest BCUT2D eigenvalue weighted by Gasteiger charge is 2.26. The third kappa shape index (κ3) is 4.39. The third-order valence-corrected chi connectivity index (χ3v) is 4.10. The van der Waals surface area contributed by atoms with Crippen molar-refractivity contribution < 1.29 is 0 Å². The molecule has 2 rings (SSSR count). The molecule has 0 aliphatic heterocycles. The maximum Gasteiger partial charge on any atom is 0.0642 e. The smallest absolute Gasteiger partial charge is 0.0642 e. The second kappa shape index (κ2) is 7.90. The molecule has 2 nitrogen and oxygen atoms in total. The predicted molar refractivity (Wildman–Crippen MR) is 88.7 cm³/mol. The van der Waals surface area contributed by atoms with Crippen LogP contribution in [0.15, 0.2) is 18.2 Å². The van der Waals surface area contributed by atoms with Gasteiger partial charge in [-0.15, -0.1) is 0 Å². The quantitative estimate of drug-likeness (QED) is 0.676. The van der Waals surface area contributed by atoms with E-state index in [1.807, 2.05) is 6.07 Å². The summed E-state index contributed by atoms with van der Waals surface area (Å²) in [6.45, 7) is 8.67. The summed E-state index contributed by atoms with van der Waals surface area (Å²) in [7, 11) is 0. The number of benzene rings is 1. The first-order valence-electron chi connectivity index (χ1n) is 7.99. The number of anilines is 1. The normalized spacial score (nSPS) is 14.6. The van der Waals surface area contributed by atoms with Crippen molar-refractivity contribution >= 4 is 17.3 Å². The van der Waals surface area contributed by atoms with Crippen molar-refractivity contribution in [3.05, 3.63) is 28.8 Å². The molecule has 1 aromatic carbocycles. The van der Waals surface area contributed by atoms with Crippen molar-refractivity contribution in [1.29, 1.82) is 0 Å². The molecule has 1 fully saturated rings. The summed E-state index contributed by atoms with van der Waals surface area (Å²) in [5.41, 5.74) is 2.59. The highest BCUT2D eigenvalue weighted by atomic mass is 35.5. The first-order valence-corrected chi connectivity index (χ1v) is 8.37. The molecule has 3 heteroatoms. The second-order valence-corrected chi connectivity index (χ2v) is 6.22. The number of para-hydroxylation sites is 1. The highest BCUT2D eigenvalue weighted by Crippen LogP contribution is 2.35. The topological polar surface area (TPSA) is 15.3 Å². The molecule has 0 unspecified atom stereocenters. The van der Waals surface area contributed by atoms with Crippen molar-refractivity contribution in [1.82, 2.24) is 5.32 Å². The lowest BCUT2D eigenvalue weighted by atomic mass is 10.1. The molecule has 0 spiro atoms. The number of nitrogens with zero attached hydrogens (tertiary/aromatic N) is 1. The average molecular weight is 295 g/mol. The molecule has 1 aromatic rings. The first kappa shape index (κ1) is 15.7. The molecule has 0 radical (unpaired) electrons. The van der Waals surface area contributed by atoms with E-state index >= 15 is 0 Å². The number of hydrogen-bond donors (Lipinski definition) is 1. The fourth-order valence-electron chi connectivity index (χ4n) is 2.63. The van der Waals surface area contributed by atoms with Gasteiger partial charge < -0.3 is 10.2 Å². The van der Waals surface area contributed by atoms with E-state index in [-0.39, 0.29) is 0 Å². The van der Waals surface area contributed by atoms with Crippen molar-refractivity contribution in [2.24, 2.45) is 5.92 Å². The van der Waals surface area contributed by atoms with Gasteiger partial charge in [0.1, 0.15) is 0 Å². The van der Waals surface area contributed by atoms with Gasteiger partial charge in [-0.05, 0) is 49.8 Å². The summed E-state index contributed by atoms with van der Waals surface area (Å²) < 4.78 is 0. The number of nitrogens with one attached hydrogen (secondary N) is 1. The second-order valence-electron chi connectivity index (χ2n) is 5.81. The van der Waals surface area contributed by atoms with E-state index < -0.39 is 0 Å². The zero-order valence-electron chi connectivity index (χ0n) is 12.8. The Morgan fingerprint density at radius 1 is 1.25 bits per heavy atom. The molecule has 0 amide bonds. The molecule has 1 saturated carbocycles. The van der Waals surface area contributed by atoms with Gasteiger partial charge in [-0.1, -0.05) is 37.6 Å². The fraction of sp³-hybridized carbons (Fsp3) is 0.647. The van der Waals surface area contributed by atoms with Crippen LogP contribution < -0.4 is 10.2 Å². The Labute approximate surface area is 128 Å². The lowest BCUT2D eigenvalue weighted by Gasteiger charge is -2.28. The van der Waals surface area contributed by atoms with Crippen LogP contribution in [0.3, 0.4) is 0 Å². The fourth-order valence-corrected chi connectivity index (χ4v) is 2.95. The summed E-state index contributed by atoms with van der Waals surface area (Å²) >= 11 is 6.51. The van der Waals surface area contributed by atoms with E-state index in [0.717, 1.165) is 37.0 Å². The van der Waals surface area contributed by atoms with Crippen LogP contribution in [0.4, 0.5) is 5.69 Å². The molecule has 1 aliphatic rings. The minimum absolute atomic E-state index is 0.884. The van der Waals surface area contributed by atoms with E-state index in [0.29, 0.717) is 0 Å². The maximum absolute atomic E-state index is 6.51. The largest absolute Gasteiger partial charge is 0.370 e. The Balaban J connectivity index is 2.16.